The van der Waals surface area contributed by atoms with Crippen molar-refractivity contribution in [1.29, 1.82) is 0 Å². The summed E-state index contributed by atoms with van der Waals surface area (Å²) >= 11 is 0. The Bertz CT molecular complexity index is 931. The maximum absolute atomic E-state index is 13.5. The molecule has 2 aliphatic carbocycles. The molecule has 0 bridgehead atoms. The fourth-order valence-electron chi connectivity index (χ4n) is 4.97. The number of benzene rings is 1. The van der Waals surface area contributed by atoms with E-state index in [9.17, 15) is 19.2 Å². The topological polar surface area (TPSA) is 84.0 Å². The first-order valence-corrected chi connectivity index (χ1v) is 11.0. The molecule has 0 spiro atoms. The average molecular weight is 427 g/mol. The average Bonchev–Trinajstić information content (AvgIpc) is 3.55. The molecule has 166 valence electrons. The Morgan fingerprint density at radius 1 is 1.06 bits per heavy atom. The quantitative estimate of drug-likeness (QED) is 0.515. The summed E-state index contributed by atoms with van der Waals surface area (Å²) in [6.07, 6.45) is 1.73. The van der Waals surface area contributed by atoms with Crippen LogP contribution >= 0.6 is 0 Å². The van der Waals surface area contributed by atoms with Gasteiger partial charge in [0.2, 0.25) is 11.8 Å². The molecule has 4 rings (SSSR count). The van der Waals surface area contributed by atoms with E-state index in [1.807, 2.05) is 0 Å². The lowest BCUT2D eigenvalue weighted by Gasteiger charge is -2.28. The number of nitrogens with zero attached hydrogens (tertiary/aromatic N) is 2. The third kappa shape index (κ3) is 3.34. The van der Waals surface area contributed by atoms with Crippen LogP contribution in [-0.2, 0) is 19.1 Å². The van der Waals surface area contributed by atoms with Crippen LogP contribution in [0.15, 0.2) is 24.3 Å². The molecule has 31 heavy (non-hydrogen) atoms. The number of carbonyl (C=O) groups is 4. The Morgan fingerprint density at radius 3 is 2.13 bits per heavy atom. The second-order valence-corrected chi connectivity index (χ2v) is 9.91. The van der Waals surface area contributed by atoms with Gasteiger partial charge >= 0.3 is 5.97 Å². The molecule has 1 unspecified atom stereocenters. The van der Waals surface area contributed by atoms with Crippen LogP contribution in [0.3, 0.4) is 0 Å². The fourth-order valence-corrected chi connectivity index (χ4v) is 4.97. The van der Waals surface area contributed by atoms with Gasteiger partial charge in [-0.15, -0.1) is 0 Å². The summed E-state index contributed by atoms with van der Waals surface area (Å²) in [6.45, 7) is 10.3. The fraction of sp³-hybridized carbons (Fsp3) is 0.583. The van der Waals surface area contributed by atoms with Crippen molar-refractivity contribution >= 4 is 29.4 Å². The minimum absolute atomic E-state index is 0.00568. The van der Waals surface area contributed by atoms with Gasteiger partial charge in [-0.05, 0) is 54.9 Å². The third-order valence-corrected chi connectivity index (χ3v) is 7.56. The molecule has 1 aliphatic heterocycles. The first-order chi connectivity index (χ1) is 14.5. The van der Waals surface area contributed by atoms with Crippen LogP contribution in [0.1, 0.15) is 64.2 Å². The normalized spacial score (nSPS) is 24.3. The molecule has 1 aromatic carbocycles. The number of rotatable bonds is 6. The van der Waals surface area contributed by atoms with Crippen LogP contribution in [0.25, 0.3) is 0 Å². The number of ether oxygens (including phenoxy) is 1. The van der Waals surface area contributed by atoms with Gasteiger partial charge in [-0.3, -0.25) is 14.4 Å². The molecule has 0 aromatic heterocycles. The highest BCUT2D eigenvalue weighted by atomic mass is 16.5. The highest BCUT2D eigenvalue weighted by molar-refractivity contribution is 6.23. The van der Waals surface area contributed by atoms with Gasteiger partial charge in [0.15, 0.2) is 0 Å². The zero-order valence-corrected chi connectivity index (χ0v) is 18.8. The van der Waals surface area contributed by atoms with E-state index in [4.69, 9.17) is 4.74 Å². The van der Waals surface area contributed by atoms with Crippen molar-refractivity contribution in [2.45, 2.75) is 66.0 Å². The van der Waals surface area contributed by atoms with Crippen LogP contribution in [0, 0.1) is 16.7 Å². The van der Waals surface area contributed by atoms with Gasteiger partial charge in [-0.25, -0.2) is 9.69 Å². The monoisotopic (exact) mass is 426 g/mol. The summed E-state index contributed by atoms with van der Waals surface area (Å²) in [4.78, 5) is 54.3. The molecule has 3 amide bonds. The van der Waals surface area contributed by atoms with Gasteiger partial charge in [0.25, 0.3) is 5.91 Å². The Balaban J connectivity index is 1.56. The van der Waals surface area contributed by atoms with Crippen molar-refractivity contribution in [3.8, 4) is 0 Å². The molecule has 1 heterocycles. The van der Waals surface area contributed by atoms with E-state index in [0.717, 1.165) is 17.7 Å². The maximum atomic E-state index is 13.5. The molecule has 1 saturated heterocycles. The van der Waals surface area contributed by atoms with Crippen LogP contribution in [0.4, 0.5) is 5.69 Å². The summed E-state index contributed by atoms with van der Waals surface area (Å²) in [6, 6.07) is 5.50. The Labute approximate surface area is 182 Å². The predicted octanol–water partition coefficient (Wildman–Crippen LogP) is 3.17. The largest absolute Gasteiger partial charge is 0.462 e. The van der Waals surface area contributed by atoms with Crippen LogP contribution in [0.2, 0.25) is 0 Å². The van der Waals surface area contributed by atoms with Gasteiger partial charge in [0.1, 0.15) is 6.04 Å². The lowest BCUT2D eigenvalue weighted by molar-refractivity contribution is -0.141. The van der Waals surface area contributed by atoms with E-state index in [2.05, 4.69) is 27.7 Å². The lowest BCUT2D eigenvalue weighted by Crippen LogP contribution is -2.48. The number of hydrogen-bond acceptors (Lipinski definition) is 5. The van der Waals surface area contributed by atoms with E-state index in [1.165, 1.54) is 0 Å². The Hall–Kier alpha value is -2.70. The number of hydrogen-bond donors (Lipinski definition) is 0. The number of anilines is 1. The van der Waals surface area contributed by atoms with Gasteiger partial charge in [-0.1, -0.05) is 27.7 Å². The van der Waals surface area contributed by atoms with Gasteiger partial charge in [0.05, 0.1) is 24.3 Å². The van der Waals surface area contributed by atoms with Crippen molar-refractivity contribution in [3.05, 3.63) is 29.8 Å². The molecule has 2 saturated carbocycles. The molecule has 0 N–H and O–H groups in total. The first-order valence-electron chi connectivity index (χ1n) is 11.0. The van der Waals surface area contributed by atoms with Gasteiger partial charge in [-0.2, -0.15) is 0 Å². The van der Waals surface area contributed by atoms with Gasteiger partial charge in [0, 0.05) is 12.0 Å². The molecule has 1 atom stereocenters. The summed E-state index contributed by atoms with van der Waals surface area (Å²) in [5, 5.41) is 0. The summed E-state index contributed by atoms with van der Waals surface area (Å²) < 4.78 is 4.97. The van der Waals surface area contributed by atoms with Crippen LogP contribution < -0.4 is 4.90 Å². The van der Waals surface area contributed by atoms with E-state index in [-0.39, 0.29) is 53.5 Å². The molecule has 3 fully saturated rings. The van der Waals surface area contributed by atoms with Crippen LogP contribution in [0.5, 0.6) is 0 Å². The van der Waals surface area contributed by atoms with Crippen LogP contribution in [-0.4, -0.2) is 47.3 Å². The Morgan fingerprint density at radius 2 is 1.65 bits per heavy atom. The predicted molar refractivity (Wildman–Crippen MR) is 114 cm³/mol. The van der Waals surface area contributed by atoms with Crippen molar-refractivity contribution in [3.63, 3.8) is 0 Å². The first kappa shape index (κ1) is 21.5. The van der Waals surface area contributed by atoms with Gasteiger partial charge < -0.3 is 9.64 Å². The lowest BCUT2D eigenvalue weighted by atomic mass is 10.0. The molecular weight excluding hydrogens is 396 g/mol. The molecule has 3 aliphatic rings. The van der Waals surface area contributed by atoms with E-state index < -0.39 is 12.0 Å². The van der Waals surface area contributed by atoms with Crippen molar-refractivity contribution in [2.24, 2.45) is 16.7 Å². The van der Waals surface area contributed by atoms with Crippen molar-refractivity contribution < 1.29 is 23.9 Å². The molecular formula is C24H30N2O5. The highest BCUT2D eigenvalue weighted by Crippen LogP contribution is 2.69. The second-order valence-electron chi connectivity index (χ2n) is 9.91. The zero-order chi connectivity index (χ0) is 22.7. The third-order valence-electron chi connectivity index (χ3n) is 7.56. The zero-order valence-electron chi connectivity index (χ0n) is 18.8. The molecule has 7 heteroatoms. The number of carbonyl (C=O) groups excluding carboxylic acids is 4. The smallest absolute Gasteiger partial charge is 0.338 e. The summed E-state index contributed by atoms with van der Waals surface area (Å²) in [5.41, 5.74) is 0.492. The van der Waals surface area contributed by atoms with E-state index in [1.54, 1.807) is 36.1 Å². The number of esters is 1. The van der Waals surface area contributed by atoms with E-state index in [0.29, 0.717) is 11.3 Å². The highest BCUT2D eigenvalue weighted by Gasteiger charge is 2.70. The van der Waals surface area contributed by atoms with Crippen molar-refractivity contribution in [1.82, 2.24) is 4.90 Å². The minimum atomic E-state index is -0.760. The number of imide groups is 1. The summed E-state index contributed by atoms with van der Waals surface area (Å²) in [5.74, 6) is -1.31. The molecule has 1 aromatic rings. The maximum Gasteiger partial charge on any atom is 0.338 e. The standard InChI is InChI=1S/C24H30N2O5/c1-6-31-22(30)14-7-9-16(10-8-14)26-18(27)13-17(20(26)28)25(15-11-12-15)21(29)19-23(2,3)24(19,4)5/h7-10,15,17,19H,6,11-13H2,1-5H3. The minimum Gasteiger partial charge on any atom is -0.462 e. The molecule has 0 radical (unpaired) electrons. The van der Waals surface area contributed by atoms with E-state index >= 15 is 0 Å². The summed E-state index contributed by atoms with van der Waals surface area (Å²) in [7, 11) is 0. The molecule has 7 nitrogen and oxygen atoms in total. The second kappa shape index (κ2) is 7.18. The Kier molecular flexibility index (Phi) is 4.98. The van der Waals surface area contributed by atoms with Crippen molar-refractivity contribution in [2.75, 3.05) is 11.5 Å². The number of amides is 3. The SMILES string of the molecule is CCOC(=O)c1ccc(N2C(=O)CC(N(C(=O)C3C(C)(C)C3(C)C)C3CC3)C2=O)cc1.